The lowest BCUT2D eigenvalue weighted by Crippen LogP contribution is -2.41. The molecule has 0 radical (unpaired) electrons. The number of rotatable bonds is 5. The lowest BCUT2D eigenvalue weighted by Gasteiger charge is -2.32. The van der Waals surface area contributed by atoms with Crippen molar-refractivity contribution >= 4 is 0 Å². The Morgan fingerprint density at radius 3 is 2.87 bits per heavy atom. The fourth-order valence-corrected chi connectivity index (χ4v) is 2.50. The van der Waals surface area contributed by atoms with Gasteiger partial charge in [-0.2, -0.15) is 0 Å². The van der Waals surface area contributed by atoms with Crippen LogP contribution < -0.4 is 5.73 Å². The maximum Gasteiger partial charge on any atom is 0.0698 e. The van der Waals surface area contributed by atoms with Crippen molar-refractivity contribution in [2.45, 2.75) is 44.2 Å². The molecule has 0 aromatic carbocycles. The van der Waals surface area contributed by atoms with Crippen molar-refractivity contribution in [2.24, 2.45) is 11.7 Å². The Morgan fingerprint density at radius 1 is 1.40 bits per heavy atom. The van der Waals surface area contributed by atoms with Gasteiger partial charge < -0.3 is 15.4 Å². The molecule has 0 amide bonds. The summed E-state index contributed by atoms with van der Waals surface area (Å²) < 4.78 is 5.42. The molecule has 1 aliphatic carbocycles. The van der Waals surface area contributed by atoms with Gasteiger partial charge in [-0.05, 0) is 51.1 Å². The Morgan fingerprint density at radius 2 is 2.20 bits per heavy atom. The van der Waals surface area contributed by atoms with Crippen LogP contribution >= 0.6 is 0 Å². The second-order valence-electron chi connectivity index (χ2n) is 5.09. The van der Waals surface area contributed by atoms with Crippen molar-refractivity contribution in [2.75, 3.05) is 26.7 Å². The molecule has 3 heteroatoms. The zero-order chi connectivity index (χ0) is 10.7. The van der Waals surface area contributed by atoms with Crippen LogP contribution in [-0.4, -0.2) is 43.8 Å². The molecule has 1 aliphatic heterocycles. The van der Waals surface area contributed by atoms with Crippen LogP contribution in [0.1, 0.15) is 32.1 Å². The summed E-state index contributed by atoms with van der Waals surface area (Å²) in [6, 6.07) is 0.452. The first-order valence-corrected chi connectivity index (χ1v) is 6.30. The number of hydrogen-bond acceptors (Lipinski definition) is 3. The molecule has 3 nitrogen and oxygen atoms in total. The number of piperidine rings is 1. The fraction of sp³-hybridized carbons (Fsp3) is 1.00. The van der Waals surface area contributed by atoms with E-state index in [9.17, 15) is 0 Å². The van der Waals surface area contributed by atoms with Crippen molar-refractivity contribution in [3.63, 3.8) is 0 Å². The van der Waals surface area contributed by atoms with E-state index in [1.54, 1.807) is 0 Å². The van der Waals surface area contributed by atoms with Crippen molar-refractivity contribution in [3.8, 4) is 0 Å². The first-order chi connectivity index (χ1) is 7.29. The number of hydrogen-bond donors (Lipinski definition) is 1. The second-order valence-corrected chi connectivity index (χ2v) is 5.09. The third kappa shape index (κ3) is 3.44. The molecule has 2 unspecified atom stereocenters. The smallest absolute Gasteiger partial charge is 0.0698 e. The van der Waals surface area contributed by atoms with Gasteiger partial charge in [-0.1, -0.05) is 0 Å². The molecule has 2 N–H and O–H groups in total. The van der Waals surface area contributed by atoms with E-state index in [1.165, 1.54) is 38.6 Å². The zero-order valence-electron chi connectivity index (χ0n) is 9.82. The largest absolute Gasteiger partial charge is 0.380 e. The SMILES string of the molecule is COC1CCCN(CCC(N)C2CC2)C1. The van der Waals surface area contributed by atoms with Gasteiger partial charge in [0.15, 0.2) is 0 Å². The quantitative estimate of drug-likeness (QED) is 0.745. The summed E-state index contributed by atoms with van der Waals surface area (Å²) in [5.41, 5.74) is 6.11. The van der Waals surface area contributed by atoms with Crippen LogP contribution in [0.3, 0.4) is 0 Å². The minimum absolute atomic E-state index is 0.452. The van der Waals surface area contributed by atoms with Crippen LogP contribution in [0.25, 0.3) is 0 Å². The van der Waals surface area contributed by atoms with Gasteiger partial charge in [0.2, 0.25) is 0 Å². The first-order valence-electron chi connectivity index (χ1n) is 6.30. The standard InChI is InChI=1S/C12H24N2O/c1-15-11-3-2-7-14(9-11)8-6-12(13)10-4-5-10/h10-12H,2-9,13H2,1H3. The summed E-state index contributed by atoms with van der Waals surface area (Å²) in [4.78, 5) is 2.51. The van der Waals surface area contributed by atoms with Gasteiger partial charge in [-0.25, -0.2) is 0 Å². The average molecular weight is 212 g/mol. The number of ether oxygens (including phenoxy) is 1. The van der Waals surface area contributed by atoms with Crippen LogP contribution in [0.5, 0.6) is 0 Å². The fourth-order valence-electron chi connectivity index (χ4n) is 2.50. The van der Waals surface area contributed by atoms with Crippen molar-refractivity contribution in [3.05, 3.63) is 0 Å². The molecule has 2 aliphatic rings. The Hall–Kier alpha value is -0.120. The van der Waals surface area contributed by atoms with E-state index >= 15 is 0 Å². The molecule has 0 aromatic rings. The van der Waals surface area contributed by atoms with E-state index in [4.69, 9.17) is 10.5 Å². The summed E-state index contributed by atoms with van der Waals surface area (Å²) in [6.07, 6.45) is 6.85. The Bertz CT molecular complexity index is 194. The third-order valence-corrected chi connectivity index (χ3v) is 3.80. The molecule has 0 bridgehead atoms. The van der Waals surface area contributed by atoms with E-state index in [2.05, 4.69) is 4.90 Å². The topological polar surface area (TPSA) is 38.5 Å². The molecule has 1 heterocycles. The van der Waals surface area contributed by atoms with Crippen molar-refractivity contribution < 1.29 is 4.74 Å². The molecule has 2 atom stereocenters. The van der Waals surface area contributed by atoms with Crippen LogP contribution in [0.2, 0.25) is 0 Å². The van der Waals surface area contributed by atoms with Crippen LogP contribution in [0.15, 0.2) is 0 Å². The maximum absolute atomic E-state index is 6.11. The molecule has 1 saturated heterocycles. The number of nitrogens with two attached hydrogens (primary N) is 1. The van der Waals surface area contributed by atoms with Gasteiger partial charge in [-0.15, -0.1) is 0 Å². The van der Waals surface area contributed by atoms with Gasteiger partial charge in [0, 0.05) is 19.7 Å². The molecule has 0 spiro atoms. The normalized spacial score (nSPS) is 30.4. The van der Waals surface area contributed by atoms with Gasteiger partial charge in [0.05, 0.1) is 6.10 Å². The van der Waals surface area contributed by atoms with E-state index in [0.29, 0.717) is 12.1 Å². The highest BCUT2D eigenvalue weighted by atomic mass is 16.5. The van der Waals surface area contributed by atoms with Gasteiger partial charge in [-0.3, -0.25) is 0 Å². The maximum atomic E-state index is 6.11. The number of methoxy groups -OCH3 is 1. The molecule has 88 valence electrons. The molecule has 1 saturated carbocycles. The molecular formula is C12H24N2O. The molecule has 2 fully saturated rings. The molecule has 0 aromatic heterocycles. The van der Waals surface area contributed by atoms with Crippen molar-refractivity contribution in [1.29, 1.82) is 0 Å². The summed E-state index contributed by atoms with van der Waals surface area (Å²) >= 11 is 0. The van der Waals surface area contributed by atoms with Gasteiger partial charge in [0.25, 0.3) is 0 Å². The number of nitrogens with zero attached hydrogens (tertiary/aromatic N) is 1. The lowest BCUT2D eigenvalue weighted by atomic mass is 10.1. The van der Waals surface area contributed by atoms with Crippen molar-refractivity contribution in [1.82, 2.24) is 4.90 Å². The molecular weight excluding hydrogens is 188 g/mol. The minimum Gasteiger partial charge on any atom is -0.380 e. The summed E-state index contributed by atoms with van der Waals surface area (Å²) in [7, 11) is 1.82. The Labute approximate surface area is 93.0 Å². The second kappa shape index (κ2) is 5.28. The first kappa shape index (κ1) is 11.4. The van der Waals surface area contributed by atoms with Crippen LogP contribution in [-0.2, 0) is 4.74 Å². The molecule has 15 heavy (non-hydrogen) atoms. The third-order valence-electron chi connectivity index (χ3n) is 3.80. The van der Waals surface area contributed by atoms with Gasteiger partial charge >= 0.3 is 0 Å². The lowest BCUT2D eigenvalue weighted by molar-refractivity contribution is 0.0303. The predicted molar refractivity (Wildman–Crippen MR) is 61.8 cm³/mol. The Balaban J connectivity index is 1.64. The minimum atomic E-state index is 0.452. The van der Waals surface area contributed by atoms with E-state index < -0.39 is 0 Å². The van der Waals surface area contributed by atoms with E-state index in [0.717, 1.165) is 19.0 Å². The van der Waals surface area contributed by atoms with Crippen LogP contribution in [0.4, 0.5) is 0 Å². The monoisotopic (exact) mass is 212 g/mol. The molecule has 2 rings (SSSR count). The number of likely N-dealkylation sites (tertiary alicyclic amines) is 1. The average Bonchev–Trinajstić information content (AvgIpc) is 3.10. The summed E-state index contributed by atoms with van der Waals surface area (Å²) in [5.74, 6) is 0.841. The summed E-state index contributed by atoms with van der Waals surface area (Å²) in [5, 5.41) is 0. The highest BCUT2D eigenvalue weighted by molar-refractivity contribution is 4.85. The van der Waals surface area contributed by atoms with E-state index in [1.807, 2.05) is 7.11 Å². The predicted octanol–water partition coefficient (Wildman–Crippen LogP) is 1.22. The highest BCUT2D eigenvalue weighted by Gasteiger charge is 2.29. The van der Waals surface area contributed by atoms with Gasteiger partial charge in [0.1, 0.15) is 0 Å². The summed E-state index contributed by atoms with van der Waals surface area (Å²) in [6.45, 7) is 3.50. The Kier molecular flexibility index (Phi) is 4.00. The van der Waals surface area contributed by atoms with Crippen LogP contribution in [0, 0.1) is 5.92 Å². The van der Waals surface area contributed by atoms with E-state index in [-0.39, 0.29) is 0 Å². The zero-order valence-corrected chi connectivity index (χ0v) is 9.82. The highest BCUT2D eigenvalue weighted by Crippen LogP contribution is 2.32.